The van der Waals surface area contributed by atoms with Crippen molar-refractivity contribution in [1.82, 2.24) is 19.8 Å². The highest BCUT2D eigenvalue weighted by atomic mass is 16.6. The Kier molecular flexibility index (Phi) is 8.37. The van der Waals surface area contributed by atoms with E-state index in [1.54, 1.807) is 4.57 Å². The molecule has 0 unspecified atom stereocenters. The van der Waals surface area contributed by atoms with Crippen LogP contribution in [0.4, 0.5) is 5.82 Å². The summed E-state index contributed by atoms with van der Waals surface area (Å²) in [5, 5.41) is 13.8. The highest BCUT2D eigenvalue weighted by Gasteiger charge is 2.29. The number of imidazole rings is 1. The molecule has 4 rings (SSSR count). The van der Waals surface area contributed by atoms with Gasteiger partial charge < -0.3 is 34.4 Å². The van der Waals surface area contributed by atoms with E-state index in [1.807, 2.05) is 31.2 Å². The third kappa shape index (κ3) is 7.06. The third-order valence-corrected chi connectivity index (χ3v) is 5.84. The highest BCUT2D eigenvalue weighted by molar-refractivity contribution is 5.78. The lowest BCUT2D eigenvalue weighted by atomic mass is 10.1. The summed E-state index contributed by atoms with van der Waals surface area (Å²) in [6.07, 6.45) is 3.08. The molecule has 2 aliphatic heterocycles. The molecule has 1 N–H and O–H groups in total. The van der Waals surface area contributed by atoms with Crippen molar-refractivity contribution in [3.8, 4) is 17.5 Å². The second-order valence-electron chi connectivity index (χ2n) is 8.48. The number of hydrogen-bond donors (Lipinski definition) is 1. The molecule has 0 spiro atoms. The first-order valence-corrected chi connectivity index (χ1v) is 11.8. The molecule has 0 saturated carbocycles. The summed E-state index contributed by atoms with van der Waals surface area (Å²) in [5.41, 5.74) is 0. The molecule has 0 bridgehead atoms. The summed E-state index contributed by atoms with van der Waals surface area (Å²) in [5.74, 6) is 1.22. The fraction of sp³-hybridized carbons (Fsp3) is 0.565. The maximum absolute atomic E-state index is 12.5. The summed E-state index contributed by atoms with van der Waals surface area (Å²) < 4.78 is 24.0. The lowest BCUT2D eigenvalue weighted by molar-refractivity contribution is -0.389. The number of aromatic nitrogens is 2. The summed E-state index contributed by atoms with van der Waals surface area (Å²) in [6, 6.07) is 7.52. The van der Waals surface area contributed by atoms with Crippen LogP contribution in [0.2, 0.25) is 0 Å². The molecular formula is C23H31N5O7. The van der Waals surface area contributed by atoms with Crippen molar-refractivity contribution < 1.29 is 28.7 Å². The van der Waals surface area contributed by atoms with Crippen molar-refractivity contribution in [1.29, 1.82) is 0 Å². The van der Waals surface area contributed by atoms with E-state index in [2.05, 4.69) is 15.2 Å². The first-order chi connectivity index (χ1) is 17.0. The smallest absolute Gasteiger partial charge is 0.414 e. The summed E-state index contributed by atoms with van der Waals surface area (Å²) in [4.78, 5) is 28.7. The number of piperidine rings is 1. The number of nitro groups is 1. The molecule has 3 heterocycles. The van der Waals surface area contributed by atoms with Crippen molar-refractivity contribution >= 4 is 11.7 Å². The number of amides is 1. The number of carbonyl (C=O) groups excluding carboxylic acids is 1. The lowest BCUT2D eigenvalue weighted by Gasteiger charge is -2.32. The molecular weight excluding hydrogens is 458 g/mol. The molecule has 0 radical (unpaired) electrons. The van der Waals surface area contributed by atoms with E-state index in [9.17, 15) is 14.9 Å². The summed E-state index contributed by atoms with van der Waals surface area (Å²) in [6.45, 7) is 6.13. The van der Waals surface area contributed by atoms with Crippen LogP contribution < -0.4 is 19.5 Å². The first kappa shape index (κ1) is 24.7. The average molecular weight is 490 g/mol. The quantitative estimate of drug-likeness (QED) is 0.284. The monoisotopic (exact) mass is 489 g/mol. The van der Waals surface area contributed by atoms with Crippen LogP contribution in [-0.4, -0.2) is 83.5 Å². The van der Waals surface area contributed by atoms with Crippen LogP contribution in [-0.2, 0) is 16.1 Å². The van der Waals surface area contributed by atoms with Gasteiger partial charge >= 0.3 is 11.8 Å². The Morgan fingerprint density at radius 3 is 2.69 bits per heavy atom. The van der Waals surface area contributed by atoms with Crippen molar-refractivity contribution in [2.24, 2.45) is 0 Å². The van der Waals surface area contributed by atoms with Crippen LogP contribution >= 0.6 is 0 Å². The second kappa shape index (κ2) is 11.8. The molecule has 2 aliphatic rings. The standard InChI is InChI=1S/C23H31N5O7/c1-2-32-11-12-33-18-3-5-19(6-4-18)35-20-7-9-26(10-8-20)15-22(29)24-17-13-27-14-21(28(30)31)25-23(27)34-16-17/h3-6,14,17,20H,2,7-13,15-16H2,1H3,(H,24,29)/t17-/m0/s1. The molecule has 1 fully saturated rings. The van der Waals surface area contributed by atoms with Crippen LogP contribution in [0.25, 0.3) is 0 Å². The zero-order valence-electron chi connectivity index (χ0n) is 19.8. The molecule has 1 amide bonds. The number of likely N-dealkylation sites (tertiary alicyclic amines) is 1. The predicted octanol–water partition coefficient (Wildman–Crippen LogP) is 1.63. The van der Waals surface area contributed by atoms with E-state index in [4.69, 9.17) is 18.9 Å². The van der Waals surface area contributed by atoms with Gasteiger partial charge in [0.15, 0.2) is 0 Å². The molecule has 1 aromatic carbocycles. The van der Waals surface area contributed by atoms with Gasteiger partial charge in [-0.2, -0.15) is 0 Å². The minimum Gasteiger partial charge on any atom is -0.491 e. The maximum atomic E-state index is 12.5. The van der Waals surface area contributed by atoms with Gasteiger partial charge in [-0.15, -0.1) is 0 Å². The number of rotatable bonds is 11. The normalized spacial score (nSPS) is 18.4. The fourth-order valence-electron chi connectivity index (χ4n) is 4.10. The van der Waals surface area contributed by atoms with Gasteiger partial charge in [-0.05, 0) is 49.0 Å². The number of benzene rings is 1. The number of fused-ring (bicyclic) bond motifs is 1. The number of nitrogens with one attached hydrogen (secondary N) is 1. The molecule has 0 aliphatic carbocycles. The van der Waals surface area contributed by atoms with Gasteiger partial charge in [-0.25, -0.2) is 0 Å². The average Bonchev–Trinajstić information content (AvgIpc) is 3.28. The molecule has 1 saturated heterocycles. The minimum absolute atomic E-state index is 0.0984. The first-order valence-electron chi connectivity index (χ1n) is 11.8. The number of nitrogens with zero attached hydrogens (tertiary/aromatic N) is 4. The van der Waals surface area contributed by atoms with Crippen LogP contribution in [0.15, 0.2) is 30.5 Å². The zero-order chi connectivity index (χ0) is 24.6. The zero-order valence-corrected chi connectivity index (χ0v) is 19.8. The Labute approximate surface area is 203 Å². The van der Waals surface area contributed by atoms with Gasteiger partial charge in [0, 0.05) is 24.7 Å². The van der Waals surface area contributed by atoms with Crippen molar-refractivity contribution in [3.05, 3.63) is 40.6 Å². The Balaban J connectivity index is 1.15. The molecule has 12 nitrogen and oxygen atoms in total. The largest absolute Gasteiger partial charge is 0.491 e. The van der Waals surface area contributed by atoms with Gasteiger partial charge in [0.05, 0.1) is 25.7 Å². The summed E-state index contributed by atoms with van der Waals surface area (Å²) >= 11 is 0. The Hall–Kier alpha value is -3.38. The lowest BCUT2D eigenvalue weighted by Crippen LogP contribution is -2.49. The van der Waals surface area contributed by atoms with Gasteiger partial charge in [0.2, 0.25) is 5.91 Å². The minimum atomic E-state index is -0.565. The molecule has 12 heteroatoms. The Bertz CT molecular complexity index is 989. The van der Waals surface area contributed by atoms with Crippen molar-refractivity contribution in [2.75, 3.05) is 46.1 Å². The topological polar surface area (TPSA) is 130 Å². The van der Waals surface area contributed by atoms with E-state index in [0.29, 0.717) is 26.4 Å². The molecule has 1 atom stereocenters. The number of ether oxygens (including phenoxy) is 4. The Morgan fingerprint density at radius 2 is 1.97 bits per heavy atom. The molecule has 190 valence electrons. The predicted molar refractivity (Wildman–Crippen MR) is 125 cm³/mol. The second-order valence-corrected chi connectivity index (χ2v) is 8.48. The van der Waals surface area contributed by atoms with E-state index in [-0.39, 0.29) is 43.0 Å². The highest BCUT2D eigenvalue weighted by Crippen LogP contribution is 2.23. The van der Waals surface area contributed by atoms with Crippen LogP contribution in [0.3, 0.4) is 0 Å². The van der Waals surface area contributed by atoms with Crippen molar-refractivity contribution in [2.45, 2.75) is 38.5 Å². The van der Waals surface area contributed by atoms with Gasteiger partial charge in [-0.3, -0.25) is 14.3 Å². The van der Waals surface area contributed by atoms with Crippen LogP contribution in [0.5, 0.6) is 17.5 Å². The van der Waals surface area contributed by atoms with Gasteiger partial charge in [0.25, 0.3) is 0 Å². The molecule has 35 heavy (non-hydrogen) atoms. The van der Waals surface area contributed by atoms with Gasteiger partial charge in [-0.1, -0.05) is 0 Å². The van der Waals surface area contributed by atoms with E-state index >= 15 is 0 Å². The van der Waals surface area contributed by atoms with E-state index in [1.165, 1.54) is 6.20 Å². The fourth-order valence-corrected chi connectivity index (χ4v) is 4.10. The maximum Gasteiger partial charge on any atom is 0.414 e. The molecule has 1 aromatic heterocycles. The number of carbonyl (C=O) groups is 1. The summed E-state index contributed by atoms with van der Waals surface area (Å²) in [7, 11) is 0. The van der Waals surface area contributed by atoms with E-state index < -0.39 is 4.92 Å². The van der Waals surface area contributed by atoms with Crippen LogP contribution in [0.1, 0.15) is 19.8 Å². The SMILES string of the molecule is CCOCCOc1ccc(OC2CCN(CC(=O)N[C@@H]3COc4nc([N+](=O)[O-])cn4C3)CC2)cc1. The van der Waals surface area contributed by atoms with Crippen molar-refractivity contribution in [3.63, 3.8) is 0 Å². The van der Waals surface area contributed by atoms with Crippen LogP contribution in [0, 0.1) is 10.1 Å². The Morgan fingerprint density at radius 1 is 1.23 bits per heavy atom. The number of hydrogen-bond acceptors (Lipinski definition) is 9. The third-order valence-electron chi connectivity index (χ3n) is 5.84. The van der Waals surface area contributed by atoms with Gasteiger partial charge in [0.1, 0.15) is 37.0 Å². The van der Waals surface area contributed by atoms with E-state index in [0.717, 1.165) is 37.4 Å². The molecule has 2 aromatic rings.